The van der Waals surface area contributed by atoms with Gasteiger partial charge in [-0.15, -0.1) is 12.6 Å². The lowest BCUT2D eigenvalue weighted by atomic mass is 10.0. The molecule has 0 saturated carbocycles. The molecular weight excluding hydrogens is 228 g/mol. The predicted molar refractivity (Wildman–Crippen MR) is 60.9 cm³/mol. The highest BCUT2D eigenvalue weighted by Gasteiger charge is 2.19. The Morgan fingerprint density at radius 3 is 2.56 bits per heavy atom. The maximum atomic E-state index is 11.4. The number of carbonyl (C=O) groups is 2. The zero-order valence-electron chi connectivity index (χ0n) is 8.67. The molecule has 16 heavy (non-hydrogen) atoms. The molecule has 1 aromatic carbocycles. The summed E-state index contributed by atoms with van der Waals surface area (Å²) < 4.78 is 0. The fourth-order valence-electron chi connectivity index (χ4n) is 1.28. The van der Waals surface area contributed by atoms with Crippen molar-refractivity contribution in [3.63, 3.8) is 0 Å². The number of hydrogen-bond donors (Lipinski definition) is 3. The van der Waals surface area contributed by atoms with Crippen LogP contribution in [0, 0.1) is 0 Å². The van der Waals surface area contributed by atoms with Crippen LogP contribution >= 0.6 is 12.6 Å². The summed E-state index contributed by atoms with van der Waals surface area (Å²) in [4.78, 5) is 22.4. The van der Waals surface area contributed by atoms with Gasteiger partial charge in [-0.25, -0.2) is 4.79 Å². The minimum absolute atomic E-state index is 0.104. The molecule has 5 heteroatoms. The topological polar surface area (TPSA) is 74.6 Å². The number of carboxylic acids is 1. The number of aliphatic carboxylic acids is 1. The van der Waals surface area contributed by atoms with E-state index in [4.69, 9.17) is 5.11 Å². The zero-order valence-corrected chi connectivity index (χ0v) is 9.57. The molecular formula is C11H12O4S. The first-order valence-corrected chi connectivity index (χ1v) is 5.19. The van der Waals surface area contributed by atoms with E-state index in [1.807, 2.05) is 0 Å². The predicted octanol–water partition coefficient (Wildman–Crippen LogP) is 1.69. The van der Waals surface area contributed by atoms with Gasteiger partial charge in [-0.05, 0) is 12.1 Å². The van der Waals surface area contributed by atoms with E-state index in [0.29, 0.717) is 16.9 Å². The Morgan fingerprint density at radius 2 is 2.06 bits per heavy atom. The van der Waals surface area contributed by atoms with Crippen molar-refractivity contribution in [1.82, 2.24) is 0 Å². The average Bonchev–Trinajstić information content (AvgIpc) is 2.27. The molecule has 0 amide bonds. The van der Waals surface area contributed by atoms with Crippen molar-refractivity contribution in [1.29, 1.82) is 0 Å². The molecule has 0 aromatic heterocycles. The number of rotatable bonds is 4. The average molecular weight is 240 g/mol. The highest BCUT2D eigenvalue weighted by molar-refractivity contribution is 7.80. The molecule has 0 saturated heterocycles. The van der Waals surface area contributed by atoms with Crippen LogP contribution in [0.15, 0.2) is 23.1 Å². The third kappa shape index (κ3) is 2.62. The van der Waals surface area contributed by atoms with E-state index in [9.17, 15) is 14.7 Å². The summed E-state index contributed by atoms with van der Waals surface area (Å²) in [6, 6.07) is 4.44. The molecule has 0 aliphatic rings. The summed E-state index contributed by atoms with van der Waals surface area (Å²) >= 11 is 4.04. The molecule has 0 bridgehead atoms. The molecule has 0 radical (unpaired) electrons. The first kappa shape index (κ1) is 12.7. The number of aliphatic hydroxyl groups excluding tert-OH is 1. The van der Waals surface area contributed by atoms with Crippen molar-refractivity contribution in [2.45, 2.75) is 24.3 Å². The lowest BCUT2D eigenvalue weighted by molar-refractivity contribution is -0.147. The maximum absolute atomic E-state index is 11.4. The molecule has 0 fully saturated rings. The Labute approximate surface area is 98.3 Å². The van der Waals surface area contributed by atoms with E-state index in [1.54, 1.807) is 13.0 Å². The summed E-state index contributed by atoms with van der Waals surface area (Å²) in [5.41, 5.74) is 0.519. The first-order chi connectivity index (χ1) is 7.47. The quantitative estimate of drug-likeness (QED) is 0.553. The van der Waals surface area contributed by atoms with Crippen molar-refractivity contribution in [2.75, 3.05) is 0 Å². The molecule has 1 rings (SSSR count). The van der Waals surface area contributed by atoms with Gasteiger partial charge in [0.25, 0.3) is 0 Å². The Kier molecular flexibility index (Phi) is 4.09. The van der Waals surface area contributed by atoms with E-state index in [-0.39, 0.29) is 11.3 Å². The number of thiol groups is 1. The van der Waals surface area contributed by atoms with E-state index < -0.39 is 12.1 Å². The van der Waals surface area contributed by atoms with Crippen LogP contribution in [0.1, 0.15) is 35.4 Å². The number of benzene rings is 1. The van der Waals surface area contributed by atoms with Crippen LogP contribution < -0.4 is 0 Å². The smallest absolute Gasteiger partial charge is 0.337 e. The van der Waals surface area contributed by atoms with Gasteiger partial charge in [-0.1, -0.05) is 13.0 Å². The number of hydrogen-bond acceptors (Lipinski definition) is 4. The van der Waals surface area contributed by atoms with E-state index >= 15 is 0 Å². The molecule has 1 atom stereocenters. The van der Waals surface area contributed by atoms with Crippen LogP contribution in [0.4, 0.5) is 0 Å². The van der Waals surface area contributed by atoms with Gasteiger partial charge in [0.2, 0.25) is 0 Å². The van der Waals surface area contributed by atoms with Gasteiger partial charge >= 0.3 is 5.97 Å². The lowest BCUT2D eigenvalue weighted by Crippen LogP contribution is -2.12. The second kappa shape index (κ2) is 5.14. The number of aliphatic hydroxyl groups is 1. The third-order valence-corrected chi connectivity index (χ3v) is 2.61. The van der Waals surface area contributed by atoms with E-state index in [2.05, 4.69) is 12.6 Å². The molecule has 1 unspecified atom stereocenters. The lowest BCUT2D eigenvalue weighted by Gasteiger charge is -2.10. The zero-order chi connectivity index (χ0) is 12.3. The van der Waals surface area contributed by atoms with Gasteiger partial charge < -0.3 is 10.2 Å². The standard InChI is InChI=1S/C11H12O4S/c1-2-8(12)6-3-4-9(16)7(5-6)10(13)11(14)15/h3-5,10,13,16H,2H2,1H3,(H,14,15). The first-order valence-electron chi connectivity index (χ1n) is 4.74. The van der Waals surface area contributed by atoms with Crippen LogP contribution in [0.3, 0.4) is 0 Å². The van der Waals surface area contributed by atoms with E-state index in [1.165, 1.54) is 12.1 Å². The Bertz CT molecular complexity index is 428. The minimum atomic E-state index is -1.66. The molecule has 0 spiro atoms. The fraction of sp³-hybridized carbons (Fsp3) is 0.273. The summed E-state index contributed by atoms with van der Waals surface area (Å²) in [5, 5.41) is 18.1. The highest BCUT2D eigenvalue weighted by atomic mass is 32.1. The summed E-state index contributed by atoms with van der Waals surface area (Å²) in [6.07, 6.45) is -1.33. The minimum Gasteiger partial charge on any atom is -0.479 e. The maximum Gasteiger partial charge on any atom is 0.337 e. The molecule has 86 valence electrons. The van der Waals surface area contributed by atoms with Gasteiger partial charge in [0.1, 0.15) is 0 Å². The highest BCUT2D eigenvalue weighted by Crippen LogP contribution is 2.23. The Morgan fingerprint density at radius 1 is 1.44 bits per heavy atom. The number of ketones is 1. The molecule has 0 heterocycles. The molecule has 0 aliphatic carbocycles. The van der Waals surface area contributed by atoms with Crippen molar-refractivity contribution >= 4 is 24.4 Å². The number of Topliss-reactive ketones (excluding diaryl/α,β-unsaturated/α-hetero) is 1. The van der Waals surface area contributed by atoms with Gasteiger partial charge in [-0.2, -0.15) is 0 Å². The molecule has 2 N–H and O–H groups in total. The van der Waals surface area contributed by atoms with Crippen molar-refractivity contribution in [3.05, 3.63) is 29.3 Å². The molecule has 0 aliphatic heterocycles. The van der Waals surface area contributed by atoms with Crippen molar-refractivity contribution < 1.29 is 19.8 Å². The second-order valence-corrected chi connectivity index (χ2v) is 3.77. The van der Waals surface area contributed by atoms with Gasteiger partial charge in [0.05, 0.1) is 0 Å². The second-order valence-electron chi connectivity index (χ2n) is 3.29. The van der Waals surface area contributed by atoms with Crippen LogP contribution in [0.5, 0.6) is 0 Å². The van der Waals surface area contributed by atoms with Crippen LogP contribution in [0.2, 0.25) is 0 Å². The summed E-state index contributed by atoms with van der Waals surface area (Å²) in [5.74, 6) is -1.47. The third-order valence-electron chi connectivity index (χ3n) is 2.20. The van der Waals surface area contributed by atoms with Gasteiger partial charge in [0, 0.05) is 22.4 Å². The normalized spacial score (nSPS) is 12.2. The summed E-state index contributed by atoms with van der Waals surface area (Å²) in [7, 11) is 0. The monoisotopic (exact) mass is 240 g/mol. The van der Waals surface area contributed by atoms with Crippen LogP contribution in [-0.2, 0) is 4.79 Å². The fourth-order valence-corrected chi connectivity index (χ4v) is 1.55. The number of carboxylic acid groups (broad SMARTS) is 1. The van der Waals surface area contributed by atoms with E-state index in [0.717, 1.165) is 0 Å². The molecule has 1 aromatic rings. The number of carbonyl (C=O) groups excluding carboxylic acids is 1. The van der Waals surface area contributed by atoms with Crippen LogP contribution in [0.25, 0.3) is 0 Å². The SMILES string of the molecule is CCC(=O)c1ccc(S)c(C(O)C(=O)O)c1. The van der Waals surface area contributed by atoms with Gasteiger partial charge in [0.15, 0.2) is 11.9 Å². The summed E-state index contributed by atoms with van der Waals surface area (Å²) in [6.45, 7) is 1.71. The van der Waals surface area contributed by atoms with Crippen LogP contribution in [-0.4, -0.2) is 22.0 Å². The van der Waals surface area contributed by atoms with Crippen molar-refractivity contribution in [2.24, 2.45) is 0 Å². The Hall–Kier alpha value is -1.33. The van der Waals surface area contributed by atoms with Gasteiger partial charge in [-0.3, -0.25) is 4.79 Å². The molecule has 4 nitrogen and oxygen atoms in total. The largest absolute Gasteiger partial charge is 0.479 e. The Balaban J connectivity index is 3.18. The van der Waals surface area contributed by atoms with Crippen molar-refractivity contribution in [3.8, 4) is 0 Å².